The molecule has 2 amide bonds. The van der Waals surface area contributed by atoms with Gasteiger partial charge in [0, 0.05) is 18.2 Å². The fourth-order valence-electron chi connectivity index (χ4n) is 2.53. The number of nitrogens with one attached hydrogen (secondary N) is 1. The minimum Gasteiger partial charge on any atom is -0.297 e. The van der Waals surface area contributed by atoms with Gasteiger partial charge in [0.1, 0.15) is 5.71 Å². The normalized spacial score (nSPS) is 14.2. The maximum Gasteiger partial charge on any atom is 0.273 e. The van der Waals surface area contributed by atoms with E-state index in [0.717, 1.165) is 10.6 Å². The van der Waals surface area contributed by atoms with Crippen LogP contribution in [0.25, 0.3) is 10.6 Å². The zero-order chi connectivity index (χ0) is 17.9. The highest BCUT2D eigenvalue weighted by atomic mass is 32.1. The van der Waals surface area contributed by atoms with E-state index in [2.05, 4.69) is 15.4 Å². The molecule has 0 saturated heterocycles. The number of thiazole rings is 1. The highest BCUT2D eigenvalue weighted by molar-refractivity contribution is 7.16. The molecule has 3 heterocycles. The van der Waals surface area contributed by atoms with Crippen LogP contribution in [0, 0.1) is 0 Å². The summed E-state index contributed by atoms with van der Waals surface area (Å²) >= 11 is 2.96. The van der Waals surface area contributed by atoms with E-state index in [-0.39, 0.29) is 18.2 Å². The van der Waals surface area contributed by atoms with Crippen molar-refractivity contribution in [1.82, 2.24) is 4.98 Å². The topological polar surface area (TPSA) is 74.7 Å². The van der Waals surface area contributed by atoms with Crippen molar-refractivity contribution in [3.05, 3.63) is 53.2 Å². The number of thiophene rings is 1. The fraction of sp³-hybridized carbons (Fsp3) is 0.111. The van der Waals surface area contributed by atoms with Gasteiger partial charge in [-0.1, -0.05) is 24.3 Å². The number of benzene rings is 1. The molecule has 0 unspecified atom stereocenters. The van der Waals surface area contributed by atoms with Crippen molar-refractivity contribution in [3.8, 4) is 10.6 Å². The molecule has 8 heteroatoms. The van der Waals surface area contributed by atoms with E-state index in [1.807, 2.05) is 41.1 Å². The smallest absolute Gasteiger partial charge is 0.273 e. The number of hydrogen-bond donors (Lipinski definition) is 1. The van der Waals surface area contributed by atoms with Gasteiger partial charge in [0.25, 0.3) is 5.91 Å². The van der Waals surface area contributed by atoms with Crippen LogP contribution in [0.1, 0.15) is 12.8 Å². The number of para-hydroxylation sites is 1. The molecule has 1 aliphatic rings. The van der Waals surface area contributed by atoms with Gasteiger partial charge in [0.15, 0.2) is 5.13 Å². The van der Waals surface area contributed by atoms with Crippen molar-refractivity contribution in [2.45, 2.75) is 12.8 Å². The Hall–Kier alpha value is -2.84. The van der Waals surface area contributed by atoms with E-state index < -0.39 is 0 Å². The summed E-state index contributed by atoms with van der Waals surface area (Å²) < 4.78 is 0. The summed E-state index contributed by atoms with van der Waals surface area (Å²) in [6.45, 7) is 0. The Kier molecular flexibility index (Phi) is 4.59. The predicted molar refractivity (Wildman–Crippen MR) is 105 cm³/mol. The molecule has 130 valence electrons. The van der Waals surface area contributed by atoms with E-state index in [0.29, 0.717) is 23.0 Å². The number of nitrogens with zero attached hydrogens (tertiary/aromatic N) is 3. The predicted octanol–water partition coefficient (Wildman–Crippen LogP) is 3.99. The molecule has 6 nitrogen and oxygen atoms in total. The van der Waals surface area contributed by atoms with Crippen LogP contribution in [0.3, 0.4) is 0 Å². The maximum atomic E-state index is 12.5. The summed E-state index contributed by atoms with van der Waals surface area (Å²) in [6, 6.07) is 13.0. The van der Waals surface area contributed by atoms with E-state index in [9.17, 15) is 9.59 Å². The average Bonchev–Trinajstić information content (AvgIpc) is 3.34. The highest BCUT2D eigenvalue weighted by Crippen LogP contribution is 2.28. The number of hydrazone groups is 1. The van der Waals surface area contributed by atoms with Gasteiger partial charge in [0.2, 0.25) is 5.91 Å². The number of carbonyl (C=O) groups excluding carboxylic acids is 2. The molecule has 0 radical (unpaired) electrons. The molecular formula is C18H14N4O2S2. The Labute approximate surface area is 157 Å². The summed E-state index contributed by atoms with van der Waals surface area (Å²) in [5, 5.41) is 12.7. The Morgan fingerprint density at radius 1 is 1.08 bits per heavy atom. The highest BCUT2D eigenvalue weighted by Gasteiger charge is 2.26. The third-order valence-corrected chi connectivity index (χ3v) is 5.44. The summed E-state index contributed by atoms with van der Waals surface area (Å²) in [7, 11) is 0. The Bertz CT molecular complexity index is 964. The first kappa shape index (κ1) is 16.6. The van der Waals surface area contributed by atoms with E-state index in [1.165, 1.54) is 16.3 Å². The van der Waals surface area contributed by atoms with Crippen molar-refractivity contribution < 1.29 is 9.59 Å². The van der Waals surface area contributed by atoms with Gasteiger partial charge in [-0.25, -0.2) is 9.99 Å². The summed E-state index contributed by atoms with van der Waals surface area (Å²) in [6.07, 6.45) is 0.566. The third kappa shape index (κ3) is 3.42. The Balaban J connectivity index is 1.52. The quantitative estimate of drug-likeness (QED) is 0.741. The lowest BCUT2D eigenvalue weighted by atomic mass is 10.1. The second-order valence-electron chi connectivity index (χ2n) is 5.56. The van der Waals surface area contributed by atoms with Crippen molar-refractivity contribution in [2.24, 2.45) is 5.10 Å². The minimum absolute atomic E-state index is 0.123. The third-order valence-electron chi connectivity index (χ3n) is 3.79. The number of amides is 2. The van der Waals surface area contributed by atoms with Crippen molar-refractivity contribution >= 4 is 51.0 Å². The lowest BCUT2D eigenvalue weighted by Crippen LogP contribution is -2.36. The molecule has 0 saturated carbocycles. The fourth-order valence-corrected chi connectivity index (χ4v) is 3.99. The Morgan fingerprint density at radius 3 is 2.69 bits per heavy atom. The SMILES string of the molecule is O=C(Nc1nc(-c2cccs2)cs1)C1=NN(c2ccccc2)C(=O)CC1. The molecule has 26 heavy (non-hydrogen) atoms. The molecule has 2 aromatic heterocycles. The van der Waals surface area contributed by atoms with Gasteiger partial charge in [-0.2, -0.15) is 5.10 Å². The van der Waals surface area contributed by atoms with Gasteiger partial charge >= 0.3 is 0 Å². The molecule has 0 spiro atoms. The van der Waals surface area contributed by atoms with Crippen LogP contribution in [0.4, 0.5) is 10.8 Å². The van der Waals surface area contributed by atoms with Crippen LogP contribution in [0.15, 0.2) is 58.3 Å². The monoisotopic (exact) mass is 382 g/mol. The first-order valence-electron chi connectivity index (χ1n) is 7.97. The summed E-state index contributed by atoms with van der Waals surface area (Å²) in [5.74, 6) is -0.451. The molecule has 1 N–H and O–H groups in total. The first-order chi connectivity index (χ1) is 12.7. The second kappa shape index (κ2) is 7.19. The van der Waals surface area contributed by atoms with Crippen LogP contribution >= 0.6 is 22.7 Å². The molecule has 1 aromatic carbocycles. The molecule has 0 fully saturated rings. The zero-order valence-electron chi connectivity index (χ0n) is 13.6. The molecule has 1 aliphatic heterocycles. The van der Waals surface area contributed by atoms with Crippen LogP contribution in [0.5, 0.6) is 0 Å². The number of anilines is 2. The van der Waals surface area contributed by atoms with E-state index in [4.69, 9.17) is 0 Å². The van der Waals surface area contributed by atoms with E-state index in [1.54, 1.807) is 23.5 Å². The minimum atomic E-state index is -0.328. The van der Waals surface area contributed by atoms with Gasteiger partial charge in [-0.15, -0.1) is 22.7 Å². The number of rotatable bonds is 4. The number of aromatic nitrogens is 1. The second-order valence-corrected chi connectivity index (χ2v) is 7.36. The lowest BCUT2D eigenvalue weighted by molar-refractivity contribution is -0.118. The molecule has 0 atom stereocenters. The molecule has 4 rings (SSSR count). The molecule has 0 bridgehead atoms. The van der Waals surface area contributed by atoms with Crippen molar-refractivity contribution in [1.29, 1.82) is 0 Å². The standard InChI is InChI=1S/C18H14N4O2S2/c23-16-9-8-13(21-22(16)12-5-2-1-3-6-12)17(24)20-18-19-14(11-26-18)15-7-4-10-25-15/h1-7,10-11H,8-9H2,(H,19,20,24). The van der Waals surface area contributed by atoms with Gasteiger partial charge < -0.3 is 0 Å². The van der Waals surface area contributed by atoms with Crippen LogP contribution in [0.2, 0.25) is 0 Å². The number of hydrogen-bond acceptors (Lipinski definition) is 6. The number of carbonyl (C=O) groups is 2. The first-order valence-corrected chi connectivity index (χ1v) is 9.73. The average molecular weight is 382 g/mol. The van der Waals surface area contributed by atoms with Crippen molar-refractivity contribution in [3.63, 3.8) is 0 Å². The maximum absolute atomic E-state index is 12.5. The molecular weight excluding hydrogens is 368 g/mol. The largest absolute Gasteiger partial charge is 0.297 e. The van der Waals surface area contributed by atoms with Gasteiger partial charge in [-0.3, -0.25) is 14.9 Å². The van der Waals surface area contributed by atoms with Crippen LogP contribution in [-0.2, 0) is 9.59 Å². The van der Waals surface area contributed by atoms with E-state index >= 15 is 0 Å². The van der Waals surface area contributed by atoms with Crippen LogP contribution in [-0.4, -0.2) is 22.5 Å². The van der Waals surface area contributed by atoms with Crippen LogP contribution < -0.4 is 10.3 Å². The molecule has 3 aromatic rings. The molecule has 0 aliphatic carbocycles. The summed E-state index contributed by atoms with van der Waals surface area (Å²) in [5.41, 5.74) is 1.81. The zero-order valence-corrected chi connectivity index (χ0v) is 15.2. The van der Waals surface area contributed by atoms with Gasteiger partial charge in [0.05, 0.1) is 16.3 Å². The Morgan fingerprint density at radius 2 is 1.92 bits per heavy atom. The lowest BCUT2D eigenvalue weighted by Gasteiger charge is -2.22. The van der Waals surface area contributed by atoms with Gasteiger partial charge in [-0.05, 0) is 23.6 Å². The van der Waals surface area contributed by atoms with Crippen molar-refractivity contribution in [2.75, 3.05) is 10.3 Å². The summed E-state index contributed by atoms with van der Waals surface area (Å²) in [4.78, 5) is 30.2.